The fourth-order valence-corrected chi connectivity index (χ4v) is 2.69. The topological polar surface area (TPSA) is 89.9 Å². The van der Waals surface area contributed by atoms with Gasteiger partial charge in [-0.2, -0.15) is 10.1 Å². The first-order valence-electron chi connectivity index (χ1n) is 7.63. The van der Waals surface area contributed by atoms with Gasteiger partial charge in [0.1, 0.15) is 0 Å². The third-order valence-electron chi connectivity index (χ3n) is 4.18. The van der Waals surface area contributed by atoms with Gasteiger partial charge in [-0.15, -0.1) is 0 Å². The third kappa shape index (κ3) is 2.87. The summed E-state index contributed by atoms with van der Waals surface area (Å²) in [4.78, 5) is 8.68. The first-order valence-corrected chi connectivity index (χ1v) is 7.63. The van der Waals surface area contributed by atoms with Crippen molar-refractivity contribution in [1.29, 1.82) is 0 Å². The zero-order valence-electron chi connectivity index (χ0n) is 12.8. The highest BCUT2D eigenvalue weighted by molar-refractivity contribution is 5.56. The Morgan fingerprint density at radius 2 is 2.26 bits per heavy atom. The van der Waals surface area contributed by atoms with E-state index in [0.717, 1.165) is 18.4 Å². The van der Waals surface area contributed by atoms with E-state index >= 15 is 0 Å². The maximum Gasteiger partial charge on any atom is 0.229 e. The Morgan fingerprint density at radius 1 is 1.39 bits per heavy atom. The molecule has 7 nitrogen and oxygen atoms in total. The van der Waals surface area contributed by atoms with Crippen LogP contribution in [-0.2, 0) is 6.42 Å². The molecule has 0 radical (unpaired) electrons. The smallest absolute Gasteiger partial charge is 0.229 e. The highest BCUT2D eigenvalue weighted by Crippen LogP contribution is 2.41. The lowest BCUT2D eigenvalue weighted by Gasteiger charge is -2.20. The fraction of sp³-hybridized carbons (Fsp3) is 0.375. The van der Waals surface area contributed by atoms with Gasteiger partial charge in [0, 0.05) is 24.2 Å². The molecule has 3 aromatic rings. The Balaban J connectivity index is 1.58. The van der Waals surface area contributed by atoms with Crippen LogP contribution in [0.1, 0.15) is 25.7 Å². The highest BCUT2D eigenvalue weighted by atomic mass is 16.5. The van der Waals surface area contributed by atoms with Crippen molar-refractivity contribution in [2.24, 2.45) is 5.92 Å². The molecule has 0 aromatic carbocycles. The monoisotopic (exact) mass is 311 g/mol. The predicted octanol–water partition coefficient (Wildman–Crippen LogP) is 2.02. The van der Waals surface area contributed by atoms with Crippen LogP contribution in [0.2, 0.25) is 0 Å². The maximum atomic E-state index is 10.4. The van der Waals surface area contributed by atoms with Gasteiger partial charge in [-0.1, -0.05) is 5.16 Å². The van der Waals surface area contributed by atoms with Crippen LogP contribution in [0, 0.1) is 5.92 Å². The number of hydrogen-bond acceptors (Lipinski definition) is 6. The molecule has 1 aliphatic rings. The third-order valence-corrected chi connectivity index (χ3v) is 4.18. The summed E-state index contributed by atoms with van der Waals surface area (Å²) in [5.41, 5.74) is 0.0222. The Bertz CT molecular complexity index is 806. The zero-order valence-corrected chi connectivity index (χ0v) is 12.8. The summed E-state index contributed by atoms with van der Waals surface area (Å²) in [6.07, 6.45) is 7.70. The van der Waals surface area contributed by atoms with Crippen LogP contribution in [0.15, 0.2) is 41.3 Å². The molecule has 1 aliphatic carbocycles. The standard InChI is InChI=1S/C16H17N5O2/c1-16(22,12-3-4-12)10-14-19-15(20-23-14)11-5-7-17-13(9-11)21-8-2-6-18-21/h2,5-9,12,22H,3-4,10H2,1H3/t16-/m0/s1. The van der Waals surface area contributed by atoms with Crippen LogP contribution in [0.4, 0.5) is 0 Å². The number of aromatic nitrogens is 5. The molecule has 1 fully saturated rings. The van der Waals surface area contributed by atoms with Gasteiger partial charge in [0.15, 0.2) is 5.82 Å². The maximum absolute atomic E-state index is 10.4. The fourth-order valence-electron chi connectivity index (χ4n) is 2.69. The molecule has 23 heavy (non-hydrogen) atoms. The minimum Gasteiger partial charge on any atom is -0.389 e. The molecule has 1 N–H and O–H groups in total. The van der Waals surface area contributed by atoms with Crippen LogP contribution < -0.4 is 0 Å². The molecule has 1 atom stereocenters. The lowest BCUT2D eigenvalue weighted by molar-refractivity contribution is 0.0296. The van der Waals surface area contributed by atoms with Crippen molar-refractivity contribution in [2.75, 3.05) is 0 Å². The molecule has 4 rings (SSSR count). The van der Waals surface area contributed by atoms with Crippen molar-refractivity contribution in [3.63, 3.8) is 0 Å². The number of nitrogens with zero attached hydrogens (tertiary/aromatic N) is 5. The molecule has 118 valence electrons. The van der Waals surface area contributed by atoms with Crippen LogP contribution in [0.5, 0.6) is 0 Å². The van der Waals surface area contributed by atoms with Gasteiger partial charge in [0.05, 0.1) is 12.0 Å². The molecule has 7 heteroatoms. The first-order chi connectivity index (χ1) is 11.1. The van der Waals surface area contributed by atoms with Gasteiger partial charge >= 0.3 is 0 Å². The van der Waals surface area contributed by atoms with Crippen molar-refractivity contribution in [1.82, 2.24) is 24.9 Å². The number of rotatable bonds is 5. The van der Waals surface area contributed by atoms with Crippen molar-refractivity contribution < 1.29 is 9.63 Å². The van der Waals surface area contributed by atoms with Gasteiger partial charge < -0.3 is 9.63 Å². The Kier molecular flexibility index (Phi) is 3.23. The molecule has 0 saturated heterocycles. The second kappa shape index (κ2) is 5.27. The summed E-state index contributed by atoms with van der Waals surface area (Å²) in [5, 5.41) is 18.6. The zero-order chi connectivity index (χ0) is 15.9. The van der Waals surface area contributed by atoms with Crippen LogP contribution in [0.25, 0.3) is 17.2 Å². The number of pyridine rings is 1. The average molecular weight is 311 g/mol. The van der Waals surface area contributed by atoms with E-state index < -0.39 is 5.60 Å². The van der Waals surface area contributed by atoms with Gasteiger partial charge in [-0.3, -0.25) is 0 Å². The summed E-state index contributed by atoms with van der Waals surface area (Å²) in [6.45, 7) is 1.83. The molecule has 1 saturated carbocycles. The molecular formula is C16H17N5O2. The van der Waals surface area contributed by atoms with Crippen molar-refractivity contribution in [2.45, 2.75) is 31.8 Å². The largest absolute Gasteiger partial charge is 0.389 e. The van der Waals surface area contributed by atoms with E-state index in [1.54, 1.807) is 17.1 Å². The van der Waals surface area contributed by atoms with E-state index in [0.29, 0.717) is 29.9 Å². The SMILES string of the molecule is C[C@](O)(Cc1nc(-c2ccnc(-n3cccn3)c2)no1)C1CC1. The summed E-state index contributed by atoms with van der Waals surface area (Å²) in [7, 11) is 0. The summed E-state index contributed by atoms with van der Waals surface area (Å²) >= 11 is 0. The van der Waals surface area contributed by atoms with Gasteiger partial charge in [0.25, 0.3) is 0 Å². The van der Waals surface area contributed by atoms with E-state index in [2.05, 4.69) is 20.2 Å². The minimum atomic E-state index is -0.776. The minimum absolute atomic E-state index is 0.338. The second-order valence-electron chi connectivity index (χ2n) is 6.17. The van der Waals surface area contributed by atoms with E-state index in [4.69, 9.17) is 4.52 Å². The predicted molar refractivity (Wildman–Crippen MR) is 81.7 cm³/mol. The average Bonchev–Trinajstić information content (AvgIpc) is 3.09. The summed E-state index contributed by atoms with van der Waals surface area (Å²) < 4.78 is 6.97. The van der Waals surface area contributed by atoms with Crippen molar-refractivity contribution in [3.05, 3.63) is 42.7 Å². The Hall–Kier alpha value is -2.54. The second-order valence-corrected chi connectivity index (χ2v) is 6.17. The van der Waals surface area contributed by atoms with Crippen LogP contribution >= 0.6 is 0 Å². The van der Waals surface area contributed by atoms with Gasteiger partial charge in [0.2, 0.25) is 11.7 Å². The number of aliphatic hydroxyl groups is 1. The van der Waals surface area contributed by atoms with Crippen LogP contribution in [0.3, 0.4) is 0 Å². The molecule has 0 bridgehead atoms. The lowest BCUT2D eigenvalue weighted by Crippen LogP contribution is -2.29. The van der Waals surface area contributed by atoms with Crippen molar-refractivity contribution in [3.8, 4) is 17.2 Å². The lowest BCUT2D eigenvalue weighted by atomic mass is 9.96. The van der Waals surface area contributed by atoms with E-state index in [1.807, 2.05) is 31.3 Å². The Morgan fingerprint density at radius 3 is 3.00 bits per heavy atom. The summed E-state index contributed by atoms with van der Waals surface area (Å²) in [5.74, 6) is 1.96. The van der Waals surface area contributed by atoms with Gasteiger partial charge in [-0.05, 0) is 43.9 Å². The quantitative estimate of drug-likeness (QED) is 0.775. The summed E-state index contributed by atoms with van der Waals surface area (Å²) in [6, 6.07) is 5.50. The van der Waals surface area contributed by atoms with E-state index in [1.165, 1.54) is 0 Å². The molecule has 0 aliphatic heterocycles. The molecule has 0 unspecified atom stereocenters. The van der Waals surface area contributed by atoms with E-state index in [9.17, 15) is 5.11 Å². The molecule has 0 spiro atoms. The van der Waals surface area contributed by atoms with E-state index in [-0.39, 0.29) is 0 Å². The Labute approximate surface area is 133 Å². The van der Waals surface area contributed by atoms with Crippen molar-refractivity contribution >= 4 is 0 Å². The molecule has 3 heterocycles. The van der Waals surface area contributed by atoms with Gasteiger partial charge in [-0.25, -0.2) is 9.67 Å². The highest BCUT2D eigenvalue weighted by Gasteiger charge is 2.41. The normalized spacial score (nSPS) is 17.1. The number of hydrogen-bond donors (Lipinski definition) is 1. The van der Waals surface area contributed by atoms with Crippen LogP contribution in [-0.4, -0.2) is 35.6 Å². The molecule has 0 amide bonds. The molecular weight excluding hydrogens is 294 g/mol. The first kappa shape index (κ1) is 14.1. The molecule has 3 aromatic heterocycles.